The van der Waals surface area contributed by atoms with E-state index in [4.69, 9.17) is 28.3 Å². The molecule has 0 saturated carbocycles. The number of aliphatic hydroxyl groups excluding tert-OH is 1. The third-order valence-electron chi connectivity index (χ3n) is 5.78. The van der Waals surface area contributed by atoms with E-state index in [1.165, 1.54) is 11.3 Å². The number of thiophene rings is 1. The Kier molecular flexibility index (Phi) is 7.67. The SMILES string of the molecule is O=C(N[C@H](CO)Cc1ccccc1)c1ccc(-c2cc(-c3cccnc3)nn2-c2ccc(Cl)c(Cl)c2)s1. The van der Waals surface area contributed by atoms with Gasteiger partial charge in [0.15, 0.2) is 0 Å². The van der Waals surface area contributed by atoms with Crippen LogP contribution in [0.1, 0.15) is 15.2 Å². The number of rotatable bonds is 8. The molecule has 186 valence electrons. The molecule has 0 radical (unpaired) electrons. The van der Waals surface area contributed by atoms with Crippen molar-refractivity contribution in [3.8, 4) is 27.5 Å². The highest BCUT2D eigenvalue weighted by Gasteiger charge is 2.19. The van der Waals surface area contributed by atoms with Crippen molar-refractivity contribution in [1.82, 2.24) is 20.1 Å². The van der Waals surface area contributed by atoms with Gasteiger partial charge in [-0.2, -0.15) is 5.10 Å². The third kappa shape index (κ3) is 5.76. The highest BCUT2D eigenvalue weighted by molar-refractivity contribution is 7.17. The van der Waals surface area contributed by atoms with Crippen LogP contribution in [0.3, 0.4) is 0 Å². The minimum absolute atomic E-state index is 0.155. The van der Waals surface area contributed by atoms with Crippen LogP contribution in [0.4, 0.5) is 0 Å². The molecule has 0 saturated heterocycles. The quantitative estimate of drug-likeness (QED) is 0.238. The number of aliphatic hydroxyl groups is 1. The van der Waals surface area contributed by atoms with E-state index in [0.717, 1.165) is 33.1 Å². The summed E-state index contributed by atoms with van der Waals surface area (Å²) < 4.78 is 1.78. The van der Waals surface area contributed by atoms with Crippen LogP contribution in [0.5, 0.6) is 0 Å². The second-order valence-corrected chi connectivity index (χ2v) is 10.3. The Hall–Kier alpha value is -3.49. The minimum atomic E-state index is -0.389. The standard InChI is InChI=1S/C28H22Cl2N4O2S/c29-22-9-8-21(14-23(22)30)34-25(15-24(33-34)19-7-4-12-31-16-19)26-10-11-27(37-26)28(36)32-20(17-35)13-18-5-2-1-3-6-18/h1-12,14-16,20,35H,13,17H2,(H,32,36)/t20-/m0/s1. The summed E-state index contributed by atoms with van der Waals surface area (Å²) in [5.41, 5.74) is 4.18. The molecule has 2 N–H and O–H groups in total. The van der Waals surface area contributed by atoms with Gasteiger partial charge in [-0.05, 0) is 60.5 Å². The molecule has 1 atom stereocenters. The van der Waals surface area contributed by atoms with Gasteiger partial charge in [0.05, 0.1) is 49.5 Å². The molecule has 0 spiro atoms. The van der Waals surface area contributed by atoms with E-state index >= 15 is 0 Å². The zero-order valence-electron chi connectivity index (χ0n) is 19.5. The number of nitrogens with zero attached hydrogens (tertiary/aromatic N) is 3. The smallest absolute Gasteiger partial charge is 0.261 e. The predicted octanol–water partition coefficient (Wildman–Crippen LogP) is 6.30. The molecule has 37 heavy (non-hydrogen) atoms. The van der Waals surface area contributed by atoms with Gasteiger partial charge in [-0.25, -0.2) is 4.68 Å². The molecule has 5 aromatic rings. The van der Waals surface area contributed by atoms with E-state index in [1.54, 1.807) is 35.3 Å². The molecule has 0 aliphatic heterocycles. The number of hydrogen-bond acceptors (Lipinski definition) is 5. The summed E-state index contributed by atoms with van der Waals surface area (Å²) in [6, 6.07) is 24.1. The lowest BCUT2D eigenvalue weighted by Gasteiger charge is -2.15. The summed E-state index contributed by atoms with van der Waals surface area (Å²) in [6.45, 7) is -0.155. The first kappa shape index (κ1) is 25.2. The van der Waals surface area contributed by atoms with E-state index in [2.05, 4.69) is 10.3 Å². The number of pyridine rings is 1. The maximum Gasteiger partial charge on any atom is 0.261 e. The van der Waals surface area contributed by atoms with E-state index in [9.17, 15) is 9.90 Å². The van der Waals surface area contributed by atoms with Crippen molar-refractivity contribution in [1.29, 1.82) is 0 Å². The van der Waals surface area contributed by atoms with Crippen molar-refractivity contribution < 1.29 is 9.90 Å². The zero-order chi connectivity index (χ0) is 25.8. The molecule has 1 amide bonds. The maximum absolute atomic E-state index is 13.0. The number of aromatic nitrogens is 3. The highest BCUT2D eigenvalue weighted by Crippen LogP contribution is 2.34. The van der Waals surface area contributed by atoms with Gasteiger partial charge in [0.2, 0.25) is 0 Å². The van der Waals surface area contributed by atoms with E-state index in [1.807, 2.05) is 60.7 Å². The van der Waals surface area contributed by atoms with Crippen LogP contribution in [-0.2, 0) is 6.42 Å². The molecule has 9 heteroatoms. The van der Waals surface area contributed by atoms with E-state index < -0.39 is 0 Å². The second kappa shape index (κ2) is 11.3. The Labute approximate surface area is 228 Å². The summed E-state index contributed by atoms with van der Waals surface area (Å²) in [7, 11) is 0. The van der Waals surface area contributed by atoms with Crippen molar-refractivity contribution in [2.24, 2.45) is 0 Å². The number of carbonyl (C=O) groups is 1. The summed E-state index contributed by atoms with van der Waals surface area (Å²) in [6.07, 6.45) is 4.00. The Morgan fingerprint density at radius 1 is 1.00 bits per heavy atom. The van der Waals surface area contributed by atoms with Crippen LogP contribution in [0.15, 0.2) is 91.3 Å². The average Bonchev–Trinajstić information content (AvgIpc) is 3.59. The fourth-order valence-electron chi connectivity index (χ4n) is 3.94. The summed E-state index contributed by atoms with van der Waals surface area (Å²) in [5.74, 6) is -0.237. The normalized spacial score (nSPS) is 11.9. The van der Waals surface area contributed by atoms with Crippen molar-refractivity contribution >= 4 is 40.4 Å². The second-order valence-electron chi connectivity index (χ2n) is 8.37. The first-order valence-corrected chi connectivity index (χ1v) is 13.1. The molecule has 3 aromatic heterocycles. The van der Waals surface area contributed by atoms with Gasteiger partial charge in [0.1, 0.15) is 0 Å². The Morgan fingerprint density at radius 3 is 2.57 bits per heavy atom. The molecular formula is C28H22Cl2N4O2S. The molecule has 0 fully saturated rings. The van der Waals surface area contributed by atoms with Gasteiger partial charge in [-0.3, -0.25) is 9.78 Å². The molecule has 0 aliphatic carbocycles. The summed E-state index contributed by atoms with van der Waals surface area (Å²) in [5, 5.41) is 18.5. The van der Waals surface area contributed by atoms with E-state index in [0.29, 0.717) is 21.3 Å². The minimum Gasteiger partial charge on any atom is -0.394 e. The summed E-state index contributed by atoms with van der Waals surface area (Å²) >= 11 is 13.8. The largest absolute Gasteiger partial charge is 0.394 e. The molecule has 5 rings (SSSR count). The zero-order valence-corrected chi connectivity index (χ0v) is 21.8. The number of hydrogen-bond donors (Lipinski definition) is 2. The topological polar surface area (TPSA) is 80.0 Å². The molecule has 0 aliphatic rings. The Morgan fingerprint density at radius 2 is 1.84 bits per heavy atom. The average molecular weight is 549 g/mol. The van der Waals surface area contributed by atoms with Crippen LogP contribution in [0, 0.1) is 0 Å². The fraction of sp³-hybridized carbons (Fsp3) is 0.107. The molecule has 0 bridgehead atoms. The Bertz CT molecular complexity index is 1520. The Balaban J connectivity index is 1.45. The van der Waals surface area contributed by atoms with Gasteiger partial charge < -0.3 is 10.4 Å². The lowest BCUT2D eigenvalue weighted by Crippen LogP contribution is -2.38. The van der Waals surface area contributed by atoms with Crippen molar-refractivity contribution in [3.63, 3.8) is 0 Å². The lowest BCUT2D eigenvalue weighted by atomic mass is 10.1. The predicted molar refractivity (Wildman–Crippen MR) is 149 cm³/mol. The van der Waals surface area contributed by atoms with Crippen molar-refractivity contribution in [3.05, 3.63) is 112 Å². The first-order valence-electron chi connectivity index (χ1n) is 11.5. The van der Waals surface area contributed by atoms with E-state index in [-0.39, 0.29) is 18.6 Å². The third-order valence-corrected chi connectivity index (χ3v) is 7.62. The number of benzene rings is 2. The maximum atomic E-state index is 13.0. The molecule has 2 aromatic carbocycles. The van der Waals surface area contributed by atoms with Crippen molar-refractivity contribution in [2.75, 3.05) is 6.61 Å². The van der Waals surface area contributed by atoms with Gasteiger partial charge in [0.25, 0.3) is 5.91 Å². The van der Waals surface area contributed by atoms with Gasteiger partial charge in [-0.15, -0.1) is 11.3 Å². The van der Waals surface area contributed by atoms with Gasteiger partial charge in [0, 0.05) is 18.0 Å². The number of halogens is 2. The van der Waals surface area contributed by atoms with Crippen LogP contribution in [0.2, 0.25) is 10.0 Å². The van der Waals surface area contributed by atoms with Crippen LogP contribution >= 0.6 is 34.5 Å². The molecular weight excluding hydrogens is 527 g/mol. The van der Waals surface area contributed by atoms with Crippen LogP contribution < -0.4 is 5.32 Å². The monoisotopic (exact) mass is 548 g/mol. The highest BCUT2D eigenvalue weighted by atomic mass is 35.5. The molecule has 0 unspecified atom stereocenters. The lowest BCUT2D eigenvalue weighted by molar-refractivity contribution is 0.0920. The van der Waals surface area contributed by atoms with Gasteiger partial charge >= 0.3 is 0 Å². The molecule has 6 nitrogen and oxygen atoms in total. The summed E-state index contributed by atoms with van der Waals surface area (Å²) in [4.78, 5) is 18.6. The van der Waals surface area contributed by atoms with Crippen LogP contribution in [-0.4, -0.2) is 38.4 Å². The van der Waals surface area contributed by atoms with Crippen molar-refractivity contribution in [2.45, 2.75) is 12.5 Å². The first-order chi connectivity index (χ1) is 18.0. The fourth-order valence-corrected chi connectivity index (χ4v) is 5.14. The van der Waals surface area contributed by atoms with Crippen LogP contribution in [0.25, 0.3) is 27.5 Å². The number of nitrogens with one attached hydrogen (secondary N) is 1. The molecule has 3 heterocycles. The van der Waals surface area contributed by atoms with Gasteiger partial charge in [-0.1, -0.05) is 53.5 Å². The number of amides is 1. The number of carbonyl (C=O) groups excluding carboxylic acids is 1.